The molecule has 3 N–H and O–H groups in total. The average molecular weight is 280 g/mol. The minimum Gasteiger partial charge on any atom is -0.478 e. The van der Waals surface area contributed by atoms with Crippen molar-refractivity contribution in [3.8, 4) is 0 Å². The van der Waals surface area contributed by atoms with Gasteiger partial charge in [0.05, 0.1) is 11.3 Å². The number of nitrogens with zero attached hydrogens (tertiary/aromatic N) is 1. The van der Waals surface area contributed by atoms with Gasteiger partial charge in [-0.3, -0.25) is 4.79 Å². The summed E-state index contributed by atoms with van der Waals surface area (Å²) in [6.45, 7) is 1.29. The molecule has 108 valence electrons. The van der Waals surface area contributed by atoms with E-state index in [0.717, 1.165) is 18.9 Å². The van der Waals surface area contributed by atoms with Gasteiger partial charge in [0.25, 0.3) is 0 Å². The number of carboxylic acid groups (broad SMARTS) is 1. The van der Waals surface area contributed by atoms with Crippen LogP contribution in [0.2, 0.25) is 0 Å². The van der Waals surface area contributed by atoms with Crippen molar-refractivity contribution in [2.75, 3.05) is 18.0 Å². The summed E-state index contributed by atoms with van der Waals surface area (Å²) < 4.78 is 13.1. The Labute approximate surface area is 116 Å². The standard InChI is InChI=1S/C14H17FN2O3/c15-10-1-2-12(11(8-10)14(19)20)17-5-3-9(4-6-17)7-13(16)18/h1-2,8-9H,3-7H2,(H2,16,18)(H,19,20). The Morgan fingerprint density at radius 2 is 2.00 bits per heavy atom. The van der Waals surface area contributed by atoms with Crippen molar-refractivity contribution in [1.29, 1.82) is 0 Å². The number of halogens is 1. The van der Waals surface area contributed by atoms with E-state index in [2.05, 4.69) is 0 Å². The van der Waals surface area contributed by atoms with Gasteiger partial charge in [-0.15, -0.1) is 0 Å². The number of hydrogen-bond donors (Lipinski definition) is 2. The van der Waals surface area contributed by atoms with Gasteiger partial charge < -0.3 is 15.7 Å². The molecule has 1 aliphatic heterocycles. The maximum Gasteiger partial charge on any atom is 0.337 e. The predicted molar refractivity (Wildman–Crippen MR) is 72.1 cm³/mol. The fourth-order valence-electron chi connectivity index (χ4n) is 2.62. The van der Waals surface area contributed by atoms with Crippen molar-refractivity contribution in [3.05, 3.63) is 29.6 Å². The topological polar surface area (TPSA) is 83.6 Å². The van der Waals surface area contributed by atoms with Gasteiger partial charge in [0.15, 0.2) is 0 Å². The molecule has 0 saturated carbocycles. The van der Waals surface area contributed by atoms with Gasteiger partial charge in [-0.1, -0.05) is 0 Å². The Morgan fingerprint density at radius 3 is 2.55 bits per heavy atom. The lowest BCUT2D eigenvalue weighted by atomic mass is 9.92. The van der Waals surface area contributed by atoms with Crippen LogP contribution in [-0.2, 0) is 4.79 Å². The number of amides is 1. The number of benzene rings is 1. The zero-order valence-electron chi connectivity index (χ0n) is 11.0. The molecular weight excluding hydrogens is 263 g/mol. The van der Waals surface area contributed by atoms with Crippen LogP contribution in [0, 0.1) is 11.7 Å². The molecule has 1 amide bonds. The molecule has 6 heteroatoms. The first-order valence-electron chi connectivity index (χ1n) is 6.53. The van der Waals surface area contributed by atoms with Gasteiger partial charge in [0.1, 0.15) is 5.82 Å². The van der Waals surface area contributed by atoms with E-state index < -0.39 is 11.8 Å². The van der Waals surface area contributed by atoms with E-state index in [4.69, 9.17) is 10.8 Å². The number of primary amides is 1. The Hall–Kier alpha value is -2.11. The summed E-state index contributed by atoms with van der Waals surface area (Å²) in [4.78, 5) is 24.0. The van der Waals surface area contributed by atoms with Gasteiger partial charge in [-0.05, 0) is 37.0 Å². The molecular formula is C14H17FN2O3. The van der Waals surface area contributed by atoms with E-state index in [-0.39, 0.29) is 17.4 Å². The molecule has 1 aromatic rings. The normalized spacial score (nSPS) is 16.1. The van der Waals surface area contributed by atoms with Crippen LogP contribution in [0.4, 0.5) is 10.1 Å². The van der Waals surface area contributed by atoms with Gasteiger partial charge in [-0.25, -0.2) is 9.18 Å². The predicted octanol–water partition coefficient (Wildman–Crippen LogP) is 1.62. The molecule has 1 aliphatic rings. The van der Waals surface area contributed by atoms with Crippen molar-refractivity contribution in [3.63, 3.8) is 0 Å². The molecule has 1 heterocycles. The van der Waals surface area contributed by atoms with E-state index in [1.807, 2.05) is 4.90 Å². The highest BCUT2D eigenvalue weighted by molar-refractivity contribution is 5.94. The van der Waals surface area contributed by atoms with Crippen molar-refractivity contribution >= 4 is 17.6 Å². The monoisotopic (exact) mass is 280 g/mol. The minimum absolute atomic E-state index is 0.0293. The summed E-state index contributed by atoms with van der Waals surface area (Å²) in [5.41, 5.74) is 5.67. The summed E-state index contributed by atoms with van der Waals surface area (Å²) >= 11 is 0. The van der Waals surface area contributed by atoms with E-state index >= 15 is 0 Å². The highest BCUT2D eigenvalue weighted by atomic mass is 19.1. The summed E-state index contributed by atoms with van der Waals surface area (Å²) in [5.74, 6) is -1.76. The minimum atomic E-state index is -1.14. The summed E-state index contributed by atoms with van der Waals surface area (Å²) in [6.07, 6.45) is 1.92. The largest absolute Gasteiger partial charge is 0.478 e. The quantitative estimate of drug-likeness (QED) is 0.877. The van der Waals surface area contributed by atoms with Gasteiger partial charge in [0, 0.05) is 19.5 Å². The first kappa shape index (κ1) is 14.3. The number of nitrogens with two attached hydrogens (primary N) is 1. The lowest BCUT2D eigenvalue weighted by molar-refractivity contribution is -0.119. The van der Waals surface area contributed by atoms with E-state index in [1.54, 1.807) is 0 Å². The van der Waals surface area contributed by atoms with Gasteiger partial charge in [-0.2, -0.15) is 0 Å². The maximum atomic E-state index is 13.1. The lowest BCUT2D eigenvalue weighted by Crippen LogP contribution is -2.36. The Kier molecular flexibility index (Phi) is 4.22. The Morgan fingerprint density at radius 1 is 1.35 bits per heavy atom. The van der Waals surface area contributed by atoms with Crippen LogP contribution >= 0.6 is 0 Å². The molecule has 1 saturated heterocycles. The maximum absolute atomic E-state index is 13.1. The van der Waals surface area contributed by atoms with E-state index in [1.165, 1.54) is 12.1 Å². The fourth-order valence-corrected chi connectivity index (χ4v) is 2.62. The number of hydrogen-bond acceptors (Lipinski definition) is 3. The number of aromatic carboxylic acids is 1. The van der Waals surface area contributed by atoms with Crippen molar-refractivity contribution in [2.24, 2.45) is 11.7 Å². The molecule has 0 unspecified atom stereocenters. The van der Waals surface area contributed by atoms with Crippen molar-refractivity contribution in [1.82, 2.24) is 0 Å². The smallest absolute Gasteiger partial charge is 0.337 e. The molecule has 0 radical (unpaired) electrons. The van der Waals surface area contributed by atoms with Crippen LogP contribution in [0.1, 0.15) is 29.6 Å². The highest BCUT2D eigenvalue weighted by Crippen LogP contribution is 2.28. The third kappa shape index (κ3) is 3.26. The first-order chi connectivity index (χ1) is 9.47. The third-order valence-corrected chi connectivity index (χ3v) is 3.63. The molecule has 0 aromatic heterocycles. The number of rotatable bonds is 4. The average Bonchev–Trinajstić information content (AvgIpc) is 2.39. The third-order valence-electron chi connectivity index (χ3n) is 3.63. The summed E-state index contributed by atoms with van der Waals surface area (Å²) in [7, 11) is 0. The molecule has 1 fully saturated rings. The van der Waals surface area contributed by atoms with E-state index in [0.29, 0.717) is 25.2 Å². The molecule has 0 atom stereocenters. The molecule has 5 nitrogen and oxygen atoms in total. The molecule has 20 heavy (non-hydrogen) atoms. The Bertz CT molecular complexity index is 525. The summed E-state index contributed by atoms with van der Waals surface area (Å²) in [5, 5.41) is 9.14. The van der Waals surface area contributed by atoms with Crippen LogP contribution in [0.5, 0.6) is 0 Å². The second-order valence-electron chi connectivity index (χ2n) is 5.07. The molecule has 2 rings (SSSR count). The lowest BCUT2D eigenvalue weighted by Gasteiger charge is -2.34. The van der Waals surface area contributed by atoms with Crippen molar-refractivity contribution < 1.29 is 19.1 Å². The van der Waals surface area contributed by atoms with Gasteiger partial charge >= 0.3 is 5.97 Å². The van der Waals surface area contributed by atoms with E-state index in [9.17, 15) is 14.0 Å². The van der Waals surface area contributed by atoms with Gasteiger partial charge in [0.2, 0.25) is 5.91 Å². The number of piperidine rings is 1. The molecule has 0 spiro atoms. The van der Waals surface area contributed by atoms with Crippen LogP contribution in [0.3, 0.4) is 0 Å². The molecule has 0 aliphatic carbocycles. The van der Waals surface area contributed by atoms with Crippen LogP contribution < -0.4 is 10.6 Å². The number of carboxylic acids is 1. The highest BCUT2D eigenvalue weighted by Gasteiger charge is 2.24. The molecule has 1 aromatic carbocycles. The van der Waals surface area contributed by atoms with Crippen LogP contribution in [0.25, 0.3) is 0 Å². The van der Waals surface area contributed by atoms with Crippen LogP contribution in [-0.4, -0.2) is 30.1 Å². The zero-order chi connectivity index (χ0) is 14.7. The second kappa shape index (κ2) is 5.90. The SMILES string of the molecule is NC(=O)CC1CCN(c2ccc(F)cc2C(=O)O)CC1. The van der Waals surface area contributed by atoms with Crippen LogP contribution in [0.15, 0.2) is 18.2 Å². The van der Waals surface area contributed by atoms with Crippen molar-refractivity contribution in [2.45, 2.75) is 19.3 Å². The number of carbonyl (C=O) groups is 2. The second-order valence-corrected chi connectivity index (χ2v) is 5.07. The number of anilines is 1. The zero-order valence-corrected chi connectivity index (χ0v) is 11.0. The summed E-state index contributed by atoms with van der Waals surface area (Å²) in [6, 6.07) is 3.79. The Balaban J connectivity index is 2.11. The first-order valence-corrected chi connectivity index (χ1v) is 6.53. The fraction of sp³-hybridized carbons (Fsp3) is 0.429. The molecule has 0 bridgehead atoms. The number of carbonyl (C=O) groups excluding carboxylic acids is 1.